The molecule has 1 atom stereocenters. The molecule has 2 aliphatic rings. The SMILES string of the molecule is C=CC(=O)N1CCN2c3ncnc4cc(-c5ccccc5CC(N)=O)c(Cl)c(c34)OC[C@@H]2C1. The van der Waals surface area contributed by atoms with Crippen molar-refractivity contribution in [3.05, 3.63) is 59.9 Å². The standard InChI is InChI=1S/C24H22ClN5O3/c1-2-20(32)29-7-8-30-15(11-29)12-33-23-21-18(27-13-28-24(21)30)10-17(22(23)25)16-6-4-3-5-14(16)9-19(26)31/h2-6,10,13,15H,1,7-9,11-12H2,(H2,26,31)/t15-/m0/s1. The maximum Gasteiger partial charge on any atom is 0.246 e. The van der Waals surface area contributed by atoms with Gasteiger partial charge in [-0.15, -0.1) is 0 Å². The average Bonchev–Trinajstić information content (AvgIpc) is 2.99. The Kier molecular flexibility index (Phi) is 5.38. The number of anilines is 1. The molecule has 0 aliphatic carbocycles. The van der Waals surface area contributed by atoms with Crippen LogP contribution in [-0.4, -0.2) is 59.0 Å². The molecule has 1 saturated heterocycles. The topological polar surface area (TPSA) is 102 Å². The van der Waals surface area contributed by atoms with Crippen molar-refractivity contribution < 1.29 is 14.3 Å². The van der Waals surface area contributed by atoms with E-state index in [0.29, 0.717) is 48.1 Å². The van der Waals surface area contributed by atoms with E-state index in [1.165, 1.54) is 12.4 Å². The zero-order valence-electron chi connectivity index (χ0n) is 17.8. The number of primary amides is 1. The zero-order valence-corrected chi connectivity index (χ0v) is 18.6. The number of halogens is 1. The van der Waals surface area contributed by atoms with Gasteiger partial charge in [-0.25, -0.2) is 9.97 Å². The molecule has 2 aromatic carbocycles. The van der Waals surface area contributed by atoms with Gasteiger partial charge in [-0.3, -0.25) is 9.59 Å². The van der Waals surface area contributed by atoms with Crippen LogP contribution in [0.2, 0.25) is 5.02 Å². The molecule has 3 aromatic rings. The van der Waals surface area contributed by atoms with Crippen molar-refractivity contribution in [3.8, 4) is 16.9 Å². The molecule has 0 unspecified atom stereocenters. The van der Waals surface area contributed by atoms with Crippen molar-refractivity contribution in [1.29, 1.82) is 0 Å². The number of carbonyl (C=O) groups is 2. The fourth-order valence-electron chi connectivity index (χ4n) is 4.61. The summed E-state index contributed by atoms with van der Waals surface area (Å²) in [4.78, 5) is 36.8. The van der Waals surface area contributed by atoms with Crippen molar-refractivity contribution in [2.75, 3.05) is 31.1 Å². The summed E-state index contributed by atoms with van der Waals surface area (Å²) < 4.78 is 6.26. The molecule has 0 bridgehead atoms. The Hall–Kier alpha value is -3.65. The minimum atomic E-state index is -0.422. The highest BCUT2D eigenvalue weighted by Crippen LogP contribution is 2.46. The number of hydrogen-bond acceptors (Lipinski definition) is 6. The summed E-state index contributed by atoms with van der Waals surface area (Å²) in [5.74, 6) is 0.719. The Bertz CT molecular complexity index is 1290. The quantitative estimate of drug-likeness (QED) is 0.597. The second-order valence-corrected chi connectivity index (χ2v) is 8.48. The number of carbonyl (C=O) groups excluding carboxylic acids is 2. The summed E-state index contributed by atoms with van der Waals surface area (Å²) in [5.41, 5.74) is 8.43. The Morgan fingerprint density at radius 2 is 2.06 bits per heavy atom. The number of nitrogens with two attached hydrogens (primary N) is 1. The van der Waals surface area contributed by atoms with Crippen LogP contribution in [-0.2, 0) is 16.0 Å². The van der Waals surface area contributed by atoms with Gasteiger partial charge in [0.05, 0.1) is 28.4 Å². The Morgan fingerprint density at radius 1 is 1.24 bits per heavy atom. The van der Waals surface area contributed by atoms with E-state index in [-0.39, 0.29) is 18.4 Å². The van der Waals surface area contributed by atoms with Gasteiger partial charge in [-0.2, -0.15) is 0 Å². The maximum atomic E-state index is 12.2. The van der Waals surface area contributed by atoms with Gasteiger partial charge in [0.2, 0.25) is 11.8 Å². The number of benzene rings is 2. The maximum absolute atomic E-state index is 12.2. The largest absolute Gasteiger partial charge is 0.489 e. The Labute approximate surface area is 195 Å². The van der Waals surface area contributed by atoms with E-state index in [0.717, 1.165) is 22.3 Å². The van der Waals surface area contributed by atoms with E-state index < -0.39 is 5.91 Å². The number of nitrogens with zero attached hydrogens (tertiary/aromatic N) is 4. The number of amides is 2. The molecule has 1 fully saturated rings. The van der Waals surface area contributed by atoms with Crippen LogP contribution < -0.4 is 15.4 Å². The molecule has 1 aromatic heterocycles. The van der Waals surface area contributed by atoms with Crippen LogP contribution in [0.3, 0.4) is 0 Å². The van der Waals surface area contributed by atoms with E-state index in [1.807, 2.05) is 30.3 Å². The first-order chi connectivity index (χ1) is 16.0. The third-order valence-corrected chi connectivity index (χ3v) is 6.51. The summed E-state index contributed by atoms with van der Waals surface area (Å²) in [7, 11) is 0. The van der Waals surface area contributed by atoms with Crippen LogP contribution in [0.15, 0.2) is 49.3 Å². The van der Waals surface area contributed by atoms with Gasteiger partial charge >= 0.3 is 0 Å². The first-order valence-corrected chi connectivity index (χ1v) is 11.0. The molecule has 9 heteroatoms. The van der Waals surface area contributed by atoms with Crippen molar-refractivity contribution in [2.45, 2.75) is 12.5 Å². The molecule has 0 radical (unpaired) electrons. The van der Waals surface area contributed by atoms with Crippen LogP contribution in [0, 0.1) is 0 Å². The third-order valence-electron chi connectivity index (χ3n) is 6.13. The molecule has 2 aliphatic heterocycles. The number of rotatable bonds is 4. The fraction of sp³-hybridized carbons (Fsp3) is 0.250. The molecule has 3 heterocycles. The van der Waals surface area contributed by atoms with E-state index in [4.69, 9.17) is 22.1 Å². The second kappa shape index (κ2) is 8.37. The number of aromatic nitrogens is 2. The highest BCUT2D eigenvalue weighted by molar-refractivity contribution is 6.36. The lowest BCUT2D eigenvalue weighted by atomic mass is 9.96. The number of piperazine rings is 1. The monoisotopic (exact) mass is 463 g/mol. The summed E-state index contributed by atoms with van der Waals surface area (Å²) in [6, 6.07) is 9.31. The minimum Gasteiger partial charge on any atom is -0.489 e. The average molecular weight is 464 g/mol. The predicted octanol–water partition coefficient (Wildman–Crippen LogP) is 2.57. The fourth-order valence-corrected chi connectivity index (χ4v) is 4.91. The normalized spacial score (nSPS) is 17.2. The first-order valence-electron chi connectivity index (χ1n) is 10.6. The molecule has 33 heavy (non-hydrogen) atoms. The lowest BCUT2D eigenvalue weighted by Crippen LogP contribution is -2.56. The number of hydrogen-bond donors (Lipinski definition) is 1. The summed E-state index contributed by atoms with van der Waals surface area (Å²) >= 11 is 6.92. The lowest BCUT2D eigenvalue weighted by Gasteiger charge is -2.40. The number of fused-ring (bicyclic) bond motifs is 2. The van der Waals surface area contributed by atoms with Crippen LogP contribution in [0.4, 0.5) is 5.82 Å². The van der Waals surface area contributed by atoms with E-state index in [2.05, 4.69) is 21.4 Å². The highest BCUT2D eigenvalue weighted by atomic mass is 35.5. The lowest BCUT2D eigenvalue weighted by molar-refractivity contribution is -0.127. The van der Waals surface area contributed by atoms with Crippen LogP contribution in [0.25, 0.3) is 22.0 Å². The van der Waals surface area contributed by atoms with Gasteiger partial charge in [0, 0.05) is 25.2 Å². The molecule has 0 saturated carbocycles. The first kappa shape index (κ1) is 21.2. The van der Waals surface area contributed by atoms with Gasteiger partial charge in [0.1, 0.15) is 18.8 Å². The molecular weight excluding hydrogens is 442 g/mol. The van der Waals surface area contributed by atoms with Crippen LogP contribution >= 0.6 is 11.6 Å². The molecular formula is C24H22ClN5O3. The van der Waals surface area contributed by atoms with Gasteiger partial charge in [0.25, 0.3) is 0 Å². The summed E-state index contributed by atoms with van der Waals surface area (Å²) in [5, 5.41) is 1.17. The highest BCUT2D eigenvalue weighted by Gasteiger charge is 2.35. The minimum absolute atomic E-state index is 0.0881. The molecule has 8 nitrogen and oxygen atoms in total. The van der Waals surface area contributed by atoms with Crippen LogP contribution in [0.5, 0.6) is 5.75 Å². The van der Waals surface area contributed by atoms with Crippen molar-refractivity contribution >= 4 is 40.1 Å². The van der Waals surface area contributed by atoms with Crippen molar-refractivity contribution in [1.82, 2.24) is 14.9 Å². The molecule has 168 valence electrons. The van der Waals surface area contributed by atoms with Crippen molar-refractivity contribution in [3.63, 3.8) is 0 Å². The summed E-state index contributed by atoms with van der Waals surface area (Å²) in [6.45, 7) is 5.60. The predicted molar refractivity (Wildman–Crippen MR) is 126 cm³/mol. The third kappa shape index (κ3) is 3.66. The van der Waals surface area contributed by atoms with Gasteiger partial charge in [-0.1, -0.05) is 42.4 Å². The zero-order chi connectivity index (χ0) is 23.1. The molecule has 5 rings (SSSR count). The van der Waals surface area contributed by atoms with Gasteiger partial charge in [0.15, 0.2) is 5.75 Å². The Balaban J connectivity index is 1.64. The van der Waals surface area contributed by atoms with E-state index >= 15 is 0 Å². The second-order valence-electron chi connectivity index (χ2n) is 8.11. The molecule has 2 N–H and O–H groups in total. The van der Waals surface area contributed by atoms with Gasteiger partial charge < -0.3 is 20.3 Å². The van der Waals surface area contributed by atoms with Crippen LogP contribution in [0.1, 0.15) is 5.56 Å². The molecule has 0 spiro atoms. The van der Waals surface area contributed by atoms with E-state index in [1.54, 1.807) is 4.90 Å². The number of ether oxygens (including phenoxy) is 1. The Morgan fingerprint density at radius 3 is 2.85 bits per heavy atom. The van der Waals surface area contributed by atoms with Gasteiger partial charge in [-0.05, 0) is 23.3 Å². The smallest absolute Gasteiger partial charge is 0.246 e. The van der Waals surface area contributed by atoms with Crippen molar-refractivity contribution in [2.24, 2.45) is 5.73 Å². The molecule has 2 amide bonds. The van der Waals surface area contributed by atoms with E-state index in [9.17, 15) is 9.59 Å². The summed E-state index contributed by atoms with van der Waals surface area (Å²) in [6.07, 6.45) is 2.95.